The lowest BCUT2D eigenvalue weighted by atomic mass is 10.2. The maximum atomic E-state index is 6.08. The zero-order valence-electron chi connectivity index (χ0n) is 15.5. The predicted molar refractivity (Wildman–Crippen MR) is 103 cm³/mol. The molecule has 0 unspecified atom stereocenters. The molecule has 1 saturated carbocycles. The van der Waals surface area contributed by atoms with Crippen LogP contribution in [0, 0.1) is 0 Å². The van der Waals surface area contributed by atoms with Crippen LogP contribution in [-0.4, -0.2) is 48.4 Å². The van der Waals surface area contributed by atoms with E-state index in [1.54, 1.807) is 11.6 Å². The Kier molecular flexibility index (Phi) is 4.05. The van der Waals surface area contributed by atoms with Crippen LogP contribution in [0.3, 0.4) is 0 Å². The summed E-state index contributed by atoms with van der Waals surface area (Å²) in [6.45, 7) is 1.35. The van der Waals surface area contributed by atoms with E-state index in [1.807, 2.05) is 18.2 Å². The minimum absolute atomic E-state index is 0.285. The second-order valence-electron chi connectivity index (χ2n) is 6.93. The van der Waals surface area contributed by atoms with E-state index in [1.165, 1.54) is 12.8 Å². The number of methoxy groups -OCH3 is 1. The molecule has 3 heterocycles. The summed E-state index contributed by atoms with van der Waals surface area (Å²) in [6.07, 6.45) is 3.06. The van der Waals surface area contributed by atoms with Gasteiger partial charge in [0.2, 0.25) is 5.95 Å². The summed E-state index contributed by atoms with van der Waals surface area (Å²) >= 11 is 0. The fourth-order valence-corrected chi connectivity index (χ4v) is 3.26. The first-order chi connectivity index (χ1) is 13.7. The lowest BCUT2D eigenvalue weighted by Gasteiger charge is -2.06. The van der Waals surface area contributed by atoms with Crippen molar-refractivity contribution >= 4 is 22.5 Å². The minimum Gasteiger partial charge on any atom is -0.494 e. The van der Waals surface area contributed by atoms with E-state index in [0.29, 0.717) is 48.2 Å². The number of rotatable bonds is 7. The lowest BCUT2D eigenvalue weighted by molar-refractivity contribution is 0.419. The molecule has 1 aromatic carbocycles. The van der Waals surface area contributed by atoms with Crippen molar-refractivity contribution in [2.24, 2.45) is 0 Å². The average Bonchev–Trinajstić information content (AvgIpc) is 3.28. The van der Waals surface area contributed by atoms with Gasteiger partial charge in [-0.15, -0.1) is 5.10 Å². The zero-order chi connectivity index (χ0) is 19.1. The number of fused-ring (bicyclic) bond motifs is 3. The summed E-state index contributed by atoms with van der Waals surface area (Å²) in [4.78, 5) is 13.6. The van der Waals surface area contributed by atoms with E-state index in [9.17, 15) is 0 Å². The summed E-state index contributed by atoms with van der Waals surface area (Å²) in [5.74, 6) is 4.00. The van der Waals surface area contributed by atoms with Crippen LogP contribution >= 0.6 is 0 Å². The smallest absolute Gasteiger partial charge is 0.223 e. The number of nitrogens with zero attached hydrogens (tertiary/aromatic N) is 6. The van der Waals surface area contributed by atoms with Gasteiger partial charge < -0.3 is 15.8 Å². The number of nitrogens with two attached hydrogens (primary N) is 1. The molecule has 0 aliphatic heterocycles. The molecule has 0 spiro atoms. The van der Waals surface area contributed by atoms with Gasteiger partial charge in [-0.3, -0.25) is 5.10 Å². The van der Waals surface area contributed by atoms with Crippen molar-refractivity contribution in [2.75, 3.05) is 19.4 Å². The Morgan fingerprint density at radius 3 is 3.00 bits per heavy atom. The van der Waals surface area contributed by atoms with Gasteiger partial charge >= 0.3 is 0 Å². The van der Waals surface area contributed by atoms with Gasteiger partial charge in [-0.05, 0) is 25.0 Å². The first kappa shape index (κ1) is 16.9. The molecule has 3 aromatic heterocycles. The van der Waals surface area contributed by atoms with Gasteiger partial charge in [-0.2, -0.15) is 9.61 Å². The van der Waals surface area contributed by atoms with Crippen molar-refractivity contribution in [1.82, 2.24) is 40.1 Å². The Bertz CT molecular complexity index is 1140. The fraction of sp³-hybridized carbons (Fsp3) is 0.389. The van der Waals surface area contributed by atoms with Gasteiger partial charge in [0.1, 0.15) is 17.1 Å². The lowest BCUT2D eigenvalue weighted by Crippen LogP contribution is -2.18. The number of benzene rings is 1. The quantitative estimate of drug-likeness (QED) is 0.408. The van der Waals surface area contributed by atoms with Gasteiger partial charge in [0.05, 0.1) is 13.7 Å². The molecule has 0 atom stereocenters. The molecule has 4 N–H and O–H groups in total. The maximum absolute atomic E-state index is 6.08. The molecule has 0 amide bonds. The van der Waals surface area contributed by atoms with Crippen LogP contribution in [0.15, 0.2) is 18.2 Å². The monoisotopic (exact) mass is 379 g/mol. The number of nitrogens with one attached hydrogen (secondary N) is 2. The van der Waals surface area contributed by atoms with E-state index in [2.05, 4.69) is 35.6 Å². The van der Waals surface area contributed by atoms with Gasteiger partial charge in [0.25, 0.3) is 0 Å². The summed E-state index contributed by atoms with van der Waals surface area (Å²) in [5, 5.41) is 16.0. The Labute approximate surface area is 160 Å². The third kappa shape index (κ3) is 3.01. The Balaban J connectivity index is 1.30. The van der Waals surface area contributed by atoms with Crippen LogP contribution in [0.2, 0.25) is 0 Å². The molecule has 10 nitrogen and oxygen atoms in total. The van der Waals surface area contributed by atoms with E-state index in [0.717, 1.165) is 17.0 Å². The molecule has 1 aliphatic carbocycles. The molecule has 4 aromatic rings. The molecule has 1 aliphatic rings. The molecular weight excluding hydrogens is 358 g/mol. The van der Waals surface area contributed by atoms with Crippen molar-refractivity contribution in [3.63, 3.8) is 0 Å². The van der Waals surface area contributed by atoms with Crippen LogP contribution in [0.25, 0.3) is 16.6 Å². The Morgan fingerprint density at radius 1 is 1.29 bits per heavy atom. The van der Waals surface area contributed by atoms with Gasteiger partial charge in [-0.1, -0.05) is 6.07 Å². The SMILES string of the molecule is COc1cccc2c1nc(N)n1nc(CCNCc3nc(C4CC4)n[nH]3)nc21. The highest BCUT2D eigenvalue weighted by Crippen LogP contribution is 2.37. The molecule has 0 bridgehead atoms. The standard InChI is InChI=1S/C18H21N9O/c1-28-12-4-2-3-11-15(12)23-18(19)27-17(11)22-13(26-27)7-8-20-9-14-21-16(25-24-14)10-5-6-10/h2-4,10,20H,5-9H2,1H3,(H2,19,23)(H,21,24,25). The second-order valence-corrected chi connectivity index (χ2v) is 6.93. The Hall–Kier alpha value is -3.27. The number of ether oxygens (including phenoxy) is 1. The fourth-order valence-electron chi connectivity index (χ4n) is 3.26. The van der Waals surface area contributed by atoms with E-state index < -0.39 is 0 Å². The van der Waals surface area contributed by atoms with Crippen LogP contribution < -0.4 is 15.8 Å². The highest BCUT2D eigenvalue weighted by atomic mass is 16.5. The normalized spacial score (nSPS) is 14.2. The summed E-state index contributed by atoms with van der Waals surface area (Å²) in [6, 6.07) is 5.70. The molecule has 10 heteroatoms. The third-order valence-corrected chi connectivity index (χ3v) is 4.86. The molecule has 0 radical (unpaired) electrons. The number of aromatic amines is 1. The van der Waals surface area contributed by atoms with E-state index in [4.69, 9.17) is 10.5 Å². The van der Waals surface area contributed by atoms with Crippen molar-refractivity contribution in [3.8, 4) is 5.75 Å². The van der Waals surface area contributed by atoms with Crippen LogP contribution in [0.5, 0.6) is 5.75 Å². The van der Waals surface area contributed by atoms with Crippen LogP contribution in [-0.2, 0) is 13.0 Å². The summed E-state index contributed by atoms with van der Waals surface area (Å²) < 4.78 is 6.96. The van der Waals surface area contributed by atoms with Gasteiger partial charge in [0.15, 0.2) is 17.3 Å². The van der Waals surface area contributed by atoms with Crippen molar-refractivity contribution < 1.29 is 4.74 Å². The van der Waals surface area contributed by atoms with Gasteiger partial charge in [0, 0.05) is 24.3 Å². The minimum atomic E-state index is 0.285. The predicted octanol–water partition coefficient (Wildman–Crippen LogP) is 1.20. The van der Waals surface area contributed by atoms with Crippen molar-refractivity contribution in [3.05, 3.63) is 35.7 Å². The Morgan fingerprint density at radius 2 is 2.18 bits per heavy atom. The zero-order valence-corrected chi connectivity index (χ0v) is 15.5. The topological polar surface area (TPSA) is 132 Å². The summed E-state index contributed by atoms with van der Waals surface area (Å²) in [7, 11) is 1.61. The number of anilines is 1. The average molecular weight is 379 g/mol. The first-order valence-corrected chi connectivity index (χ1v) is 9.32. The second kappa shape index (κ2) is 6.71. The van der Waals surface area contributed by atoms with Gasteiger partial charge in [-0.25, -0.2) is 15.0 Å². The van der Waals surface area contributed by atoms with E-state index >= 15 is 0 Å². The third-order valence-electron chi connectivity index (χ3n) is 4.86. The maximum Gasteiger partial charge on any atom is 0.223 e. The highest BCUT2D eigenvalue weighted by Gasteiger charge is 2.27. The van der Waals surface area contributed by atoms with Crippen LogP contribution in [0.1, 0.15) is 36.2 Å². The number of H-pyrrole nitrogens is 1. The molecule has 0 saturated heterocycles. The molecule has 1 fully saturated rings. The van der Waals surface area contributed by atoms with E-state index in [-0.39, 0.29) is 5.95 Å². The molecular formula is C18H21N9O. The first-order valence-electron chi connectivity index (χ1n) is 9.32. The molecule has 28 heavy (non-hydrogen) atoms. The number of nitrogen functional groups attached to an aromatic ring is 1. The highest BCUT2D eigenvalue weighted by molar-refractivity contribution is 5.95. The number of hydrogen-bond donors (Lipinski definition) is 3. The number of hydrogen-bond acceptors (Lipinski definition) is 8. The van der Waals surface area contributed by atoms with Crippen molar-refractivity contribution in [1.29, 1.82) is 0 Å². The van der Waals surface area contributed by atoms with Crippen molar-refractivity contribution in [2.45, 2.75) is 31.7 Å². The largest absolute Gasteiger partial charge is 0.494 e. The molecule has 5 rings (SSSR count). The number of para-hydroxylation sites is 1. The van der Waals surface area contributed by atoms with Crippen LogP contribution in [0.4, 0.5) is 5.95 Å². The number of aromatic nitrogens is 7. The molecule has 144 valence electrons. The summed E-state index contributed by atoms with van der Waals surface area (Å²) in [5.41, 5.74) is 7.45.